The quantitative estimate of drug-likeness (QED) is 0.652. The fourth-order valence-electron chi connectivity index (χ4n) is 4.04. The van der Waals surface area contributed by atoms with E-state index in [1.165, 1.54) is 18.2 Å². The first kappa shape index (κ1) is 17.8. The topological polar surface area (TPSA) is 61.5 Å². The van der Waals surface area contributed by atoms with E-state index in [9.17, 15) is 4.79 Å². The molecule has 0 unspecified atom stereocenters. The van der Waals surface area contributed by atoms with E-state index in [1.54, 1.807) is 6.20 Å². The lowest BCUT2D eigenvalue weighted by atomic mass is 9.96. The van der Waals surface area contributed by atoms with Crippen LogP contribution in [0.3, 0.4) is 0 Å². The zero-order valence-electron chi connectivity index (χ0n) is 16.6. The number of pyridine rings is 1. The first-order chi connectivity index (χ1) is 14.1. The molecular formula is C23H22N4O2. The molecular weight excluding hydrogens is 364 g/mol. The molecule has 2 aromatic heterocycles. The van der Waals surface area contributed by atoms with E-state index in [-0.39, 0.29) is 5.78 Å². The van der Waals surface area contributed by atoms with E-state index in [2.05, 4.69) is 56.9 Å². The summed E-state index contributed by atoms with van der Waals surface area (Å²) in [6, 6.07) is 6.60. The number of rotatable bonds is 1. The molecule has 0 aliphatic carbocycles. The molecule has 0 radical (unpaired) electrons. The Balaban J connectivity index is 1.56. The summed E-state index contributed by atoms with van der Waals surface area (Å²) < 4.78 is 6.19. The van der Waals surface area contributed by atoms with E-state index in [0.717, 1.165) is 54.0 Å². The Kier molecular flexibility index (Phi) is 4.26. The predicted octanol–water partition coefficient (Wildman–Crippen LogP) is 2.81. The van der Waals surface area contributed by atoms with Crippen molar-refractivity contribution in [3.8, 4) is 28.7 Å². The number of aromatic amines is 1. The Morgan fingerprint density at radius 3 is 2.83 bits per heavy atom. The highest BCUT2D eigenvalue weighted by atomic mass is 16.5. The summed E-state index contributed by atoms with van der Waals surface area (Å²) in [5, 5.41) is 0.838. The van der Waals surface area contributed by atoms with Crippen molar-refractivity contribution in [1.29, 1.82) is 0 Å². The van der Waals surface area contributed by atoms with Gasteiger partial charge in [0.05, 0.1) is 10.9 Å². The lowest BCUT2D eigenvalue weighted by Crippen LogP contribution is -2.44. The number of nitrogens with zero attached hydrogens (tertiary/aromatic N) is 3. The van der Waals surface area contributed by atoms with Gasteiger partial charge in [0, 0.05) is 56.7 Å². The smallest absolute Gasteiger partial charge is 0.202 e. The number of H-pyrrole nitrogens is 1. The van der Waals surface area contributed by atoms with Gasteiger partial charge in [0.15, 0.2) is 0 Å². The average molecular weight is 386 g/mol. The molecule has 4 heterocycles. The Morgan fingerprint density at radius 2 is 2.03 bits per heavy atom. The van der Waals surface area contributed by atoms with Gasteiger partial charge in [-0.25, -0.2) is 4.98 Å². The van der Waals surface area contributed by atoms with Crippen LogP contribution in [0.2, 0.25) is 0 Å². The van der Waals surface area contributed by atoms with E-state index in [1.807, 2.05) is 6.20 Å². The molecule has 6 nitrogen and oxygen atoms in total. The number of benzene rings is 1. The molecule has 0 bridgehead atoms. The zero-order valence-corrected chi connectivity index (χ0v) is 16.6. The predicted molar refractivity (Wildman–Crippen MR) is 113 cm³/mol. The third-order valence-electron chi connectivity index (χ3n) is 5.65. The average Bonchev–Trinajstić information content (AvgIpc) is 3.15. The number of hydrogen-bond donors (Lipinski definition) is 1. The van der Waals surface area contributed by atoms with Crippen LogP contribution in [0.5, 0.6) is 5.75 Å². The molecule has 0 spiro atoms. The van der Waals surface area contributed by atoms with Crippen molar-refractivity contribution < 1.29 is 9.53 Å². The van der Waals surface area contributed by atoms with Gasteiger partial charge in [-0.05, 0) is 36.2 Å². The summed E-state index contributed by atoms with van der Waals surface area (Å²) >= 11 is 0. The minimum Gasteiger partial charge on any atom is -0.487 e. The van der Waals surface area contributed by atoms with E-state index in [4.69, 9.17) is 4.74 Å². The first-order valence-electron chi connectivity index (χ1n) is 9.82. The van der Waals surface area contributed by atoms with Crippen molar-refractivity contribution in [3.05, 3.63) is 41.7 Å². The molecule has 2 aliphatic heterocycles. The van der Waals surface area contributed by atoms with Gasteiger partial charge in [-0.2, -0.15) is 0 Å². The largest absolute Gasteiger partial charge is 0.487 e. The van der Waals surface area contributed by atoms with Gasteiger partial charge in [-0.1, -0.05) is 12.0 Å². The monoisotopic (exact) mass is 386 g/mol. The van der Waals surface area contributed by atoms with Crippen LogP contribution in [-0.4, -0.2) is 53.9 Å². The summed E-state index contributed by atoms with van der Waals surface area (Å²) in [6.45, 7) is 6.20. The van der Waals surface area contributed by atoms with Gasteiger partial charge in [0.25, 0.3) is 0 Å². The Hall–Kier alpha value is -3.30. The van der Waals surface area contributed by atoms with E-state index >= 15 is 0 Å². The molecule has 1 fully saturated rings. The number of carbonyl (C=O) groups excluding carboxylic acids is 1. The van der Waals surface area contributed by atoms with Crippen molar-refractivity contribution in [2.45, 2.75) is 13.5 Å². The van der Waals surface area contributed by atoms with Gasteiger partial charge >= 0.3 is 0 Å². The number of likely N-dealkylation sites (N-methyl/N-ethyl adjacent to an activating group) is 1. The van der Waals surface area contributed by atoms with Crippen molar-refractivity contribution in [2.24, 2.45) is 0 Å². The van der Waals surface area contributed by atoms with Crippen molar-refractivity contribution in [1.82, 2.24) is 14.9 Å². The molecule has 146 valence electrons. The molecule has 0 saturated carbocycles. The molecule has 3 aromatic rings. The van der Waals surface area contributed by atoms with Crippen molar-refractivity contribution in [2.75, 3.05) is 38.1 Å². The van der Waals surface area contributed by atoms with Crippen LogP contribution in [0.1, 0.15) is 18.1 Å². The van der Waals surface area contributed by atoms with Crippen molar-refractivity contribution >= 4 is 22.5 Å². The number of ether oxygens (including phenoxy) is 1. The minimum absolute atomic E-state index is 0.167. The molecule has 1 saturated heterocycles. The number of anilines is 1. The maximum Gasteiger partial charge on any atom is 0.202 e. The third kappa shape index (κ3) is 3.14. The Morgan fingerprint density at radius 1 is 1.21 bits per heavy atom. The third-order valence-corrected chi connectivity index (χ3v) is 5.65. The molecule has 1 N–H and O–H groups in total. The maximum absolute atomic E-state index is 11.3. The summed E-state index contributed by atoms with van der Waals surface area (Å²) in [7, 11) is 2.17. The number of piperazine rings is 1. The summed E-state index contributed by atoms with van der Waals surface area (Å²) in [5.74, 6) is 6.16. The number of nitrogens with one attached hydrogen (secondary N) is 1. The molecule has 0 atom stereocenters. The summed E-state index contributed by atoms with van der Waals surface area (Å²) in [4.78, 5) is 23.7. The fourth-order valence-corrected chi connectivity index (χ4v) is 4.04. The van der Waals surface area contributed by atoms with Gasteiger partial charge < -0.3 is 19.5 Å². The van der Waals surface area contributed by atoms with Crippen LogP contribution in [0.15, 0.2) is 30.6 Å². The van der Waals surface area contributed by atoms with E-state index < -0.39 is 0 Å². The normalized spacial score (nSPS) is 15.9. The molecule has 1 aromatic carbocycles. The molecule has 6 heteroatoms. The van der Waals surface area contributed by atoms with Crippen LogP contribution in [0.4, 0.5) is 5.69 Å². The number of hydrogen-bond acceptors (Lipinski definition) is 5. The molecule has 29 heavy (non-hydrogen) atoms. The minimum atomic E-state index is -0.167. The van der Waals surface area contributed by atoms with Crippen LogP contribution in [-0.2, 0) is 11.4 Å². The second-order valence-electron chi connectivity index (χ2n) is 7.65. The standard InChI is InChI=1S/C23H22N4O2/c1-15(28)3-4-16-12-24-23-21(16)22-20(13-25-23)19-6-5-18(11-17(19)14-29-22)27-9-7-26(2)8-10-27/h5-6,11-13H,7-10,14H2,1-2H3,(H,24,25). The van der Waals surface area contributed by atoms with Crippen LogP contribution >= 0.6 is 0 Å². The summed E-state index contributed by atoms with van der Waals surface area (Å²) in [6.07, 6.45) is 3.63. The van der Waals surface area contributed by atoms with Crippen LogP contribution in [0.25, 0.3) is 22.2 Å². The summed E-state index contributed by atoms with van der Waals surface area (Å²) in [5.41, 5.74) is 5.97. The SMILES string of the molecule is CC(=O)C#Cc1c[nH]c2ncc3c(c12)OCc1cc(N2CCN(C)CC2)ccc1-3. The highest BCUT2D eigenvalue weighted by Crippen LogP contribution is 2.43. The number of carbonyl (C=O) groups is 1. The second-order valence-corrected chi connectivity index (χ2v) is 7.65. The number of aromatic nitrogens is 2. The first-order valence-corrected chi connectivity index (χ1v) is 9.82. The van der Waals surface area contributed by atoms with E-state index in [0.29, 0.717) is 12.3 Å². The molecule has 0 amide bonds. The van der Waals surface area contributed by atoms with Crippen molar-refractivity contribution in [3.63, 3.8) is 0 Å². The lowest BCUT2D eigenvalue weighted by molar-refractivity contribution is -0.111. The highest BCUT2D eigenvalue weighted by molar-refractivity contribution is 5.99. The fraction of sp³-hybridized carbons (Fsp3) is 0.304. The van der Waals surface area contributed by atoms with Gasteiger partial charge in [0.2, 0.25) is 5.78 Å². The van der Waals surface area contributed by atoms with Gasteiger partial charge in [-0.15, -0.1) is 0 Å². The number of ketones is 1. The Labute approximate surface area is 169 Å². The molecule has 5 rings (SSSR count). The Bertz CT molecular complexity index is 1180. The number of fused-ring (bicyclic) bond motifs is 5. The number of Topliss-reactive ketones (excluding diaryl/α,β-unsaturated/α-hetero) is 1. The van der Waals surface area contributed by atoms with Crippen LogP contribution in [0, 0.1) is 11.8 Å². The highest BCUT2D eigenvalue weighted by Gasteiger charge is 2.24. The zero-order chi connectivity index (χ0) is 20.0. The van der Waals surface area contributed by atoms with Gasteiger partial charge in [0.1, 0.15) is 18.0 Å². The van der Waals surface area contributed by atoms with Gasteiger partial charge in [-0.3, -0.25) is 4.79 Å². The maximum atomic E-state index is 11.3. The van der Waals surface area contributed by atoms with Crippen LogP contribution < -0.4 is 9.64 Å². The molecule has 2 aliphatic rings. The second kappa shape index (κ2) is 6.94. The lowest BCUT2D eigenvalue weighted by Gasteiger charge is -2.34.